The van der Waals surface area contributed by atoms with Gasteiger partial charge in [0.05, 0.1) is 14.2 Å². The number of nitrogens with zero attached hydrogens (tertiary/aromatic N) is 1. The Morgan fingerprint density at radius 1 is 1.24 bits per heavy atom. The summed E-state index contributed by atoms with van der Waals surface area (Å²) >= 11 is 0. The lowest BCUT2D eigenvalue weighted by molar-refractivity contribution is -0.127. The summed E-state index contributed by atoms with van der Waals surface area (Å²) in [6, 6.07) is 5.57. The minimum absolute atomic E-state index is 0.0725. The first-order valence-electron chi connectivity index (χ1n) is 7.32. The van der Waals surface area contributed by atoms with Crippen molar-refractivity contribution in [3.63, 3.8) is 0 Å². The van der Waals surface area contributed by atoms with Crippen LogP contribution in [0, 0.1) is 5.92 Å². The molecule has 1 aliphatic rings. The number of hydrogen-bond donors (Lipinski definition) is 0. The smallest absolute Gasteiger partial charge is 0.246 e. The van der Waals surface area contributed by atoms with E-state index in [0.717, 1.165) is 25.1 Å². The first kappa shape index (κ1) is 15.4. The fraction of sp³-hybridized carbons (Fsp3) is 0.471. The van der Waals surface area contributed by atoms with Crippen LogP contribution in [0.3, 0.4) is 0 Å². The Morgan fingerprint density at radius 3 is 2.48 bits per heavy atom. The molecule has 1 aliphatic heterocycles. The van der Waals surface area contributed by atoms with Crippen molar-refractivity contribution in [2.75, 3.05) is 27.3 Å². The molecular weight excluding hydrogens is 266 g/mol. The summed E-state index contributed by atoms with van der Waals surface area (Å²) in [7, 11) is 3.23. The minimum atomic E-state index is 0.0725. The lowest BCUT2D eigenvalue weighted by Crippen LogP contribution is -2.38. The van der Waals surface area contributed by atoms with Gasteiger partial charge in [-0.25, -0.2) is 0 Å². The van der Waals surface area contributed by atoms with Gasteiger partial charge in [-0.15, -0.1) is 0 Å². The van der Waals surface area contributed by atoms with Crippen molar-refractivity contribution < 1.29 is 14.3 Å². The predicted molar refractivity (Wildman–Crippen MR) is 83.6 cm³/mol. The van der Waals surface area contributed by atoms with Crippen molar-refractivity contribution in [2.45, 2.75) is 19.8 Å². The topological polar surface area (TPSA) is 38.8 Å². The highest BCUT2D eigenvalue weighted by Crippen LogP contribution is 2.23. The number of amides is 1. The summed E-state index contributed by atoms with van der Waals surface area (Å²) in [5, 5.41) is 0. The molecule has 1 aromatic rings. The molecule has 0 N–H and O–H groups in total. The zero-order valence-electron chi connectivity index (χ0n) is 13.0. The minimum Gasteiger partial charge on any atom is -0.497 e. The van der Waals surface area contributed by atoms with Crippen LogP contribution >= 0.6 is 0 Å². The third-order valence-corrected chi connectivity index (χ3v) is 3.76. The number of benzene rings is 1. The van der Waals surface area contributed by atoms with Gasteiger partial charge in [-0.3, -0.25) is 4.79 Å². The molecule has 1 atom stereocenters. The Hall–Kier alpha value is -1.97. The van der Waals surface area contributed by atoms with Gasteiger partial charge < -0.3 is 14.4 Å². The average molecular weight is 289 g/mol. The molecule has 1 amide bonds. The summed E-state index contributed by atoms with van der Waals surface area (Å²) in [4.78, 5) is 14.1. The first-order chi connectivity index (χ1) is 10.1. The van der Waals surface area contributed by atoms with E-state index in [1.807, 2.05) is 29.2 Å². The van der Waals surface area contributed by atoms with Gasteiger partial charge in [0, 0.05) is 25.2 Å². The van der Waals surface area contributed by atoms with Gasteiger partial charge in [-0.1, -0.05) is 6.92 Å². The van der Waals surface area contributed by atoms with Crippen molar-refractivity contribution in [2.24, 2.45) is 5.92 Å². The summed E-state index contributed by atoms with van der Waals surface area (Å²) in [6.07, 6.45) is 5.74. The molecular formula is C17H23NO3. The highest BCUT2D eigenvalue weighted by atomic mass is 16.5. The van der Waals surface area contributed by atoms with Crippen molar-refractivity contribution in [3.05, 3.63) is 29.8 Å². The molecule has 4 nitrogen and oxygen atoms in total. The molecule has 1 fully saturated rings. The van der Waals surface area contributed by atoms with Gasteiger partial charge in [-0.05, 0) is 42.5 Å². The van der Waals surface area contributed by atoms with Crippen molar-refractivity contribution in [1.82, 2.24) is 4.90 Å². The summed E-state index contributed by atoms with van der Waals surface area (Å²) in [6.45, 7) is 3.90. The third-order valence-electron chi connectivity index (χ3n) is 3.76. The molecule has 2 rings (SSSR count). The number of hydrogen-bond acceptors (Lipinski definition) is 3. The predicted octanol–water partition coefficient (Wildman–Crippen LogP) is 2.98. The zero-order chi connectivity index (χ0) is 15.2. The van der Waals surface area contributed by atoms with Gasteiger partial charge in [0.2, 0.25) is 5.91 Å². The standard InChI is InChI=1S/C17H23NO3/c1-13-5-4-8-18(12-13)17(19)7-6-14-9-15(20-2)11-16(10-14)21-3/h6-7,9-11,13H,4-5,8,12H2,1-3H3/b7-6+. The second-order valence-corrected chi connectivity index (χ2v) is 5.51. The van der Waals surface area contributed by atoms with Gasteiger partial charge in [0.25, 0.3) is 0 Å². The molecule has 1 aromatic carbocycles. The second-order valence-electron chi connectivity index (χ2n) is 5.51. The van der Waals surface area contributed by atoms with E-state index in [9.17, 15) is 4.79 Å². The summed E-state index contributed by atoms with van der Waals surface area (Å²) < 4.78 is 10.5. The van der Waals surface area contributed by atoms with Crippen LogP contribution in [0.15, 0.2) is 24.3 Å². The van der Waals surface area contributed by atoms with Gasteiger partial charge >= 0.3 is 0 Å². The normalized spacial score (nSPS) is 18.8. The van der Waals surface area contributed by atoms with Crippen LogP contribution in [0.1, 0.15) is 25.3 Å². The lowest BCUT2D eigenvalue weighted by Gasteiger charge is -2.30. The van der Waals surface area contributed by atoms with E-state index in [1.54, 1.807) is 20.3 Å². The van der Waals surface area contributed by atoms with Crippen LogP contribution in [0.4, 0.5) is 0 Å². The van der Waals surface area contributed by atoms with E-state index in [2.05, 4.69) is 6.92 Å². The molecule has 1 unspecified atom stereocenters. The highest BCUT2D eigenvalue weighted by molar-refractivity contribution is 5.92. The van der Waals surface area contributed by atoms with Crippen LogP contribution in [-0.2, 0) is 4.79 Å². The maximum Gasteiger partial charge on any atom is 0.246 e. The molecule has 0 aliphatic carbocycles. The SMILES string of the molecule is COc1cc(/C=C/C(=O)N2CCCC(C)C2)cc(OC)c1. The molecule has 0 saturated carbocycles. The van der Waals surface area contributed by atoms with E-state index in [-0.39, 0.29) is 5.91 Å². The Kier molecular flexibility index (Phi) is 5.26. The molecule has 0 aromatic heterocycles. The Balaban J connectivity index is 2.07. The maximum atomic E-state index is 12.2. The lowest BCUT2D eigenvalue weighted by atomic mass is 10.0. The molecule has 114 valence electrons. The summed E-state index contributed by atoms with van der Waals surface area (Å²) in [5.74, 6) is 2.09. The number of likely N-dealkylation sites (tertiary alicyclic amines) is 1. The monoisotopic (exact) mass is 289 g/mol. The van der Waals surface area contributed by atoms with Crippen molar-refractivity contribution >= 4 is 12.0 Å². The number of piperidine rings is 1. The van der Waals surface area contributed by atoms with E-state index in [1.165, 1.54) is 6.42 Å². The largest absolute Gasteiger partial charge is 0.497 e. The number of carbonyl (C=O) groups is 1. The average Bonchev–Trinajstić information content (AvgIpc) is 2.52. The number of ether oxygens (including phenoxy) is 2. The Morgan fingerprint density at radius 2 is 1.90 bits per heavy atom. The molecule has 0 bridgehead atoms. The van der Waals surface area contributed by atoms with Gasteiger partial charge in [-0.2, -0.15) is 0 Å². The number of carbonyl (C=O) groups excluding carboxylic acids is 1. The van der Waals surface area contributed by atoms with E-state index in [0.29, 0.717) is 17.4 Å². The van der Waals surface area contributed by atoms with Gasteiger partial charge in [0.15, 0.2) is 0 Å². The molecule has 4 heteroatoms. The number of methoxy groups -OCH3 is 2. The Bertz CT molecular complexity index is 503. The van der Waals surface area contributed by atoms with Crippen molar-refractivity contribution in [3.8, 4) is 11.5 Å². The zero-order valence-corrected chi connectivity index (χ0v) is 13.0. The quantitative estimate of drug-likeness (QED) is 0.800. The van der Waals surface area contributed by atoms with E-state index in [4.69, 9.17) is 9.47 Å². The fourth-order valence-electron chi connectivity index (χ4n) is 2.59. The van der Waals surface area contributed by atoms with Gasteiger partial charge in [0.1, 0.15) is 11.5 Å². The van der Waals surface area contributed by atoms with E-state index < -0.39 is 0 Å². The molecule has 0 radical (unpaired) electrons. The first-order valence-corrected chi connectivity index (χ1v) is 7.32. The van der Waals surface area contributed by atoms with E-state index >= 15 is 0 Å². The van der Waals surface area contributed by atoms with Crippen LogP contribution in [0.2, 0.25) is 0 Å². The fourth-order valence-corrected chi connectivity index (χ4v) is 2.59. The Labute approximate surface area is 126 Å². The molecule has 21 heavy (non-hydrogen) atoms. The van der Waals surface area contributed by atoms with Crippen LogP contribution < -0.4 is 9.47 Å². The summed E-state index contributed by atoms with van der Waals surface area (Å²) in [5.41, 5.74) is 0.893. The van der Waals surface area contributed by atoms with Crippen molar-refractivity contribution in [1.29, 1.82) is 0 Å². The second kappa shape index (κ2) is 7.16. The molecule has 1 saturated heterocycles. The molecule has 1 heterocycles. The van der Waals surface area contributed by atoms with Crippen LogP contribution in [0.5, 0.6) is 11.5 Å². The molecule has 0 spiro atoms. The maximum absolute atomic E-state index is 12.2. The van der Waals surface area contributed by atoms with Crippen LogP contribution in [-0.4, -0.2) is 38.1 Å². The van der Waals surface area contributed by atoms with Crippen LogP contribution in [0.25, 0.3) is 6.08 Å². The highest BCUT2D eigenvalue weighted by Gasteiger charge is 2.18. The third kappa shape index (κ3) is 4.25. The number of rotatable bonds is 4.